The lowest BCUT2D eigenvalue weighted by Crippen LogP contribution is -2.24. The molecule has 3 aromatic carbocycles. The van der Waals surface area contributed by atoms with Crippen molar-refractivity contribution in [2.24, 2.45) is 0 Å². The Balaban J connectivity index is 1.36. The van der Waals surface area contributed by atoms with Crippen molar-refractivity contribution in [2.45, 2.75) is 32.7 Å². The summed E-state index contributed by atoms with van der Waals surface area (Å²) in [4.78, 5) is 2.26. The molecule has 0 radical (unpaired) electrons. The van der Waals surface area contributed by atoms with Crippen LogP contribution in [0.15, 0.2) is 60.7 Å². The van der Waals surface area contributed by atoms with Crippen LogP contribution in [-0.2, 0) is 35.7 Å². The van der Waals surface area contributed by atoms with Crippen LogP contribution in [0.1, 0.15) is 34.2 Å². The van der Waals surface area contributed by atoms with Crippen LogP contribution < -0.4 is 0 Å². The van der Waals surface area contributed by atoms with Crippen LogP contribution in [0.2, 0.25) is 0 Å². The highest BCUT2D eigenvalue weighted by Gasteiger charge is 2.23. The zero-order valence-electron chi connectivity index (χ0n) is 19.0. The first-order chi connectivity index (χ1) is 16.2. The van der Waals surface area contributed by atoms with E-state index in [1.165, 1.54) is 17.7 Å². The van der Waals surface area contributed by atoms with E-state index in [0.29, 0.717) is 32.0 Å². The largest absolute Gasteiger partial charge is 0.375 e. The van der Waals surface area contributed by atoms with Gasteiger partial charge < -0.3 is 14.4 Å². The summed E-state index contributed by atoms with van der Waals surface area (Å²) in [5.74, 6) is -0.280. The third-order valence-corrected chi connectivity index (χ3v) is 6.07. The summed E-state index contributed by atoms with van der Waals surface area (Å²) in [6.45, 7) is 4.13. The number of aryl methyl sites for hydroxylation is 1. The molecule has 0 spiro atoms. The maximum absolute atomic E-state index is 13.5. The summed E-state index contributed by atoms with van der Waals surface area (Å²) in [6, 6.07) is 21.1. The van der Waals surface area contributed by atoms with Gasteiger partial charge in [-0.15, -0.1) is 0 Å². The number of likely N-dealkylation sites (N-methyl/N-ethyl adjacent to an activating group) is 1. The monoisotopic (exact) mass is 444 g/mol. The quantitative estimate of drug-likeness (QED) is 0.389. The number of ether oxygens (including phenoxy) is 2. The van der Waals surface area contributed by atoms with Crippen molar-refractivity contribution in [1.82, 2.24) is 4.90 Å². The van der Waals surface area contributed by atoms with E-state index < -0.39 is 0 Å². The Labute approximate surface area is 195 Å². The zero-order chi connectivity index (χ0) is 23.0. The molecule has 0 fully saturated rings. The molecule has 170 valence electrons. The van der Waals surface area contributed by atoms with Crippen LogP contribution in [0.3, 0.4) is 0 Å². The molecule has 0 amide bonds. The fourth-order valence-electron chi connectivity index (χ4n) is 4.29. The molecule has 1 aliphatic heterocycles. The second kappa shape index (κ2) is 11.2. The Morgan fingerprint density at radius 3 is 2.61 bits per heavy atom. The van der Waals surface area contributed by atoms with E-state index in [-0.39, 0.29) is 5.82 Å². The van der Waals surface area contributed by atoms with Crippen molar-refractivity contribution >= 4 is 0 Å². The van der Waals surface area contributed by atoms with Crippen LogP contribution in [0, 0.1) is 17.1 Å². The Kier molecular flexibility index (Phi) is 7.85. The van der Waals surface area contributed by atoms with Crippen LogP contribution in [0.5, 0.6) is 0 Å². The second-order valence-electron chi connectivity index (χ2n) is 8.48. The molecule has 0 N–H and O–H groups in total. The first-order valence-corrected chi connectivity index (χ1v) is 11.4. The predicted octanol–water partition coefficient (Wildman–Crippen LogP) is 5.48. The van der Waals surface area contributed by atoms with Crippen molar-refractivity contribution in [3.63, 3.8) is 0 Å². The molecular formula is C28H29FN2O2. The molecule has 0 atom stereocenters. The number of rotatable bonds is 10. The molecule has 0 unspecified atom stereocenters. The molecule has 33 heavy (non-hydrogen) atoms. The Hall–Kier alpha value is -3.04. The molecule has 4 nitrogen and oxygen atoms in total. The molecule has 3 aromatic rings. The van der Waals surface area contributed by atoms with Gasteiger partial charge in [-0.3, -0.25) is 0 Å². The summed E-state index contributed by atoms with van der Waals surface area (Å²) < 4.78 is 24.9. The van der Waals surface area contributed by atoms with Crippen molar-refractivity contribution < 1.29 is 13.9 Å². The Morgan fingerprint density at radius 2 is 1.85 bits per heavy atom. The molecule has 1 aliphatic rings. The van der Waals surface area contributed by atoms with Gasteiger partial charge in [-0.05, 0) is 66.4 Å². The van der Waals surface area contributed by atoms with E-state index in [0.717, 1.165) is 53.7 Å². The number of hydrogen-bond donors (Lipinski definition) is 0. The molecule has 0 bridgehead atoms. The van der Waals surface area contributed by atoms with Gasteiger partial charge in [0.05, 0.1) is 32.0 Å². The third-order valence-electron chi connectivity index (χ3n) is 6.07. The number of nitriles is 1. The topological polar surface area (TPSA) is 45.5 Å². The van der Waals surface area contributed by atoms with Gasteiger partial charge in [-0.25, -0.2) is 4.39 Å². The Bertz CT molecular complexity index is 1110. The number of fused-ring (bicyclic) bond motifs is 1. The fraction of sp³-hybridized carbons (Fsp3) is 0.321. The lowest BCUT2D eigenvalue weighted by atomic mass is 9.87. The van der Waals surface area contributed by atoms with E-state index in [2.05, 4.69) is 36.2 Å². The second-order valence-corrected chi connectivity index (χ2v) is 8.48. The zero-order valence-corrected chi connectivity index (χ0v) is 19.0. The normalized spacial score (nSPS) is 12.7. The molecule has 0 saturated carbocycles. The molecule has 5 heteroatoms. The van der Waals surface area contributed by atoms with Crippen LogP contribution in [0.4, 0.5) is 4.39 Å². The average molecular weight is 445 g/mol. The third kappa shape index (κ3) is 5.85. The number of benzene rings is 3. The van der Waals surface area contributed by atoms with E-state index in [1.54, 1.807) is 12.1 Å². The van der Waals surface area contributed by atoms with E-state index >= 15 is 0 Å². The van der Waals surface area contributed by atoms with Gasteiger partial charge >= 0.3 is 0 Å². The minimum atomic E-state index is -0.280. The summed E-state index contributed by atoms with van der Waals surface area (Å²) >= 11 is 0. The van der Waals surface area contributed by atoms with Gasteiger partial charge in [-0.1, -0.05) is 48.5 Å². The molecule has 4 rings (SSSR count). The average Bonchev–Trinajstić information content (AvgIpc) is 3.30. The minimum Gasteiger partial charge on any atom is -0.375 e. The van der Waals surface area contributed by atoms with Gasteiger partial charge in [0.2, 0.25) is 0 Å². The highest BCUT2D eigenvalue weighted by atomic mass is 19.1. The maximum atomic E-state index is 13.5. The number of hydrogen-bond acceptors (Lipinski definition) is 4. The molecular weight excluding hydrogens is 415 g/mol. The summed E-state index contributed by atoms with van der Waals surface area (Å²) in [7, 11) is 2.09. The van der Waals surface area contributed by atoms with Crippen molar-refractivity contribution in [2.75, 3.05) is 26.7 Å². The first-order valence-electron chi connectivity index (χ1n) is 11.4. The molecule has 1 heterocycles. The summed E-state index contributed by atoms with van der Waals surface area (Å²) in [5.41, 5.74) is 6.84. The predicted molar refractivity (Wildman–Crippen MR) is 127 cm³/mol. The fourth-order valence-corrected chi connectivity index (χ4v) is 4.29. The van der Waals surface area contributed by atoms with Crippen molar-refractivity contribution in [1.29, 1.82) is 5.26 Å². The molecule has 0 aliphatic carbocycles. The van der Waals surface area contributed by atoms with Gasteiger partial charge in [0, 0.05) is 12.1 Å². The van der Waals surface area contributed by atoms with Gasteiger partial charge in [0.25, 0.3) is 0 Å². The van der Waals surface area contributed by atoms with Crippen LogP contribution >= 0.6 is 0 Å². The highest BCUT2D eigenvalue weighted by molar-refractivity contribution is 5.77. The van der Waals surface area contributed by atoms with Crippen LogP contribution in [-0.4, -0.2) is 31.6 Å². The van der Waals surface area contributed by atoms with Crippen molar-refractivity contribution in [3.8, 4) is 17.2 Å². The van der Waals surface area contributed by atoms with Crippen LogP contribution in [0.25, 0.3) is 11.1 Å². The SMILES string of the molecule is CN(CCCc1cc2c(c(-c3ccc(F)cc3)c1C#N)COC2)CCOCc1ccccc1. The maximum Gasteiger partial charge on any atom is 0.123 e. The van der Waals surface area contributed by atoms with Gasteiger partial charge in [0.1, 0.15) is 11.9 Å². The van der Waals surface area contributed by atoms with Crippen molar-refractivity contribution in [3.05, 3.63) is 94.3 Å². The number of nitrogens with zero attached hydrogens (tertiary/aromatic N) is 2. The standard InChI is InChI=1S/C28H29FN2O2/c1-31(14-15-32-18-21-6-3-2-4-7-21)13-5-8-23-16-24-19-33-20-27(24)28(26(23)17-30)22-9-11-25(29)12-10-22/h2-4,6-7,9-12,16H,5,8,13-15,18-20H2,1H3. The van der Waals surface area contributed by atoms with Gasteiger partial charge in [0.15, 0.2) is 0 Å². The summed E-state index contributed by atoms with van der Waals surface area (Å²) in [5, 5.41) is 10.0. The smallest absolute Gasteiger partial charge is 0.123 e. The lowest BCUT2D eigenvalue weighted by Gasteiger charge is -2.18. The molecule has 0 saturated heterocycles. The minimum absolute atomic E-state index is 0.280. The molecule has 0 aromatic heterocycles. The first kappa shape index (κ1) is 23.1. The van der Waals surface area contributed by atoms with Gasteiger partial charge in [-0.2, -0.15) is 5.26 Å². The highest BCUT2D eigenvalue weighted by Crippen LogP contribution is 2.37. The Morgan fingerprint density at radius 1 is 1.06 bits per heavy atom. The van der Waals surface area contributed by atoms with E-state index in [9.17, 15) is 9.65 Å². The number of halogens is 1. The lowest BCUT2D eigenvalue weighted by molar-refractivity contribution is 0.0994. The van der Waals surface area contributed by atoms with E-state index in [1.807, 2.05) is 18.2 Å². The van der Waals surface area contributed by atoms with E-state index in [4.69, 9.17) is 9.47 Å². The summed E-state index contributed by atoms with van der Waals surface area (Å²) in [6.07, 6.45) is 1.74.